The number of carbonyl (C=O) groups excluding carboxylic acids is 4. The van der Waals surface area contributed by atoms with E-state index in [-0.39, 0.29) is 25.7 Å². The van der Waals surface area contributed by atoms with Gasteiger partial charge >= 0.3 is 39.5 Å². The predicted molar refractivity (Wildman–Crippen MR) is 400 cm³/mol. The molecule has 19 heteroatoms. The van der Waals surface area contributed by atoms with Crippen molar-refractivity contribution in [2.24, 2.45) is 0 Å². The number of aliphatic hydroxyl groups excluding tert-OH is 1. The van der Waals surface area contributed by atoms with E-state index >= 15 is 0 Å². The Morgan fingerprint density at radius 2 is 0.408 bits per heavy atom. The van der Waals surface area contributed by atoms with Crippen molar-refractivity contribution < 1.29 is 80.2 Å². The molecule has 0 aromatic heterocycles. The number of phosphoric acid groups is 2. The molecule has 0 aromatic rings. The van der Waals surface area contributed by atoms with Crippen LogP contribution < -0.4 is 0 Å². The summed E-state index contributed by atoms with van der Waals surface area (Å²) in [7, 11) is -9.91. The van der Waals surface area contributed by atoms with Crippen LogP contribution in [0.5, 0.6) is 0 Å². The highest BCUT2D eigenvalue weighted by atomic mass is 31.2. The van der Waals surface area contributed by atoms with Gasteiger partial charge in [-0.25, -0.2) is 9.13 Å². The third kappa shape index (κ3) is 72.4. The quantitative estimate of drug-likeness (QED) is 0.0222. The molecule has 0 aromatic carbocycles. The highest BCUT2D eigenvalue weighted by Gasteiger charge is 2.30. The molecule has 0 amide bonds. The highest BCUT2D eigenvalue weighted by Crippen LogP contribution is 2.45. The first-order valence-corrected chi connectivity index (χ1v) is 44.3. The maximum atomic E-state index is 13.1. The van der Waals surface area contributed by atoms with Gasteiger partial charge in [-0.15, -0.1) is 0 Å². The van der Waals surface area contributed by atoms with E-state index in [1.807, 2.05) is 0 Å². The van der Waals surface area contributed by atoms with Crippen molar-refractivity contribution in [3.63, 3.8) is 0 Å². The molecule has 3 N–H and O–H groups in total. The SMILES string of the molecule is CCCCCCCCCCCCCCCCCCCCCCCC(=O)O[C@H](COC(=O)CCCCCCCCCCCCCCCCC)COP(=O)(O)OC[C@@H](O)COP(=O)(O)OC[C@@H](COC(=O)CCCCCCCCCC)OC(=O)CCCCCCCCCCCCCCCC. The molecule has 98 heavy (non-hydrogen) atoms. The van der Waals surface area contributed by atoms with Gasteiger partial charge < -0.3 is 33.8 Å². The average molecular weight is 1440 g/mol. The van der Waals surface area contributed by atoms with Crippen molar-refractivity contribution >= 4 is 39.5 Å². The summed E-state index contributed by atoms with van der Waals surface area (Å²) in [6, 6.07) is 0. The van der Waals surface area contributed by atoms with Gasteiger partial charge in [-0.2, -0.15) is 0 Å². The van der Waals surface area contributed by atoms with Gasteiger partial charge in [-0.05, 0) is 25.7 Å². The number of hydrogen-bond acceptors (Lipinski definition) is 15. The van der Waals surface area contributed by atoms with Gasteiger partial charge in [0, 0.05) is 25.7 Å². The van der Waals surface area contributed by atoms with E-state index < -0.39 is 97.5 Å². The molecule has 0 radical (unpaired) electrons. The van der Waals surface area contributed by atoms with Crippen LogP contribution in [0, 0.1) is 0 Å². The van der Waals surface area contributed by atoms with Crippen LogP contribution >= 0.6 is 15.6 Å². The van der Waals surface area contributed by atoms with E-state index in [4.69, 9.17) is 37.0 Å². The van der Waals surface area contributed by atoms with Gasteiger partial charge in [0.25, 0.3) is 0 Å². The molecule has 0 aliphatic rings. The Morgan fingerprint density at radius 3 is 0.602 bits per heavy atom. The number of phosphoric ester groups is 2. The Bertz CT molecular complexity index is 1860. The van der Waals surface area contributed by atoms with Gasteiger partial charge in [0.05, 0.1) is 26.4 Å². The summed E-state index contributed by atoms with van der Waals surface area (Å²) < 4.78 is 68.6. The molecule has 582 valence electrons. The lowest BCUT2D eigenvalue weighted by molar-refractivity contribution is -0.161. The standard InChI is InChI=1S/C79H154O17P2/c1-5-9-13-17-21-25-28-31-34-35-36-37-38-39-41-44-47-50-54-58-62-66-79(84)96-75(70-90-77(82)64-60-56-52-48-45-43-40-32-29-26-22-18-14-10-6-2)72-94-98(87,88)92-68-73(80)67-91-97(85,86)93-71-74(69-89-76(81)63-59-55-51-24-20-16-12-8-4)95-78(83)65-61-57-53-49-46-42-33-30-27-23-19-15-11-7-3/h73-75,80H,5-72H2,1-4H3,(H,85,86)(H,87,88)/t73-,74+,75+/m0/s1. The number of unbranched alkanes of at least 4 members (excludes halogenated alkanes) is 54. The Kier molecular flexibility index (Phi) is 71.9. The average Bonchev–Trinajstić information content (AvgIpc) is 1.01. The fraction of sp³-hybridized carbons (Fsp3) is 0.949. The summed E-state index contributed by atoms with van der Waals surface area (Å²) in [6.45, 7) is 4.99. The molecular weight excluding hydrogens is 1280 g/mol. The number of hydrogen-bond donors (Lipinski definition) is 3. The number of carbonyl (C=O) groups is 4. The van der Waals surface area contributed by atoms with E-state index in [1.165, 1.54) is 257 Å². The van der Waals surface area contributed by atoms with E-state index in [1.54, 1.807) is 0 Å². The summed E-state index contributed by atoms with van der Waals surface area (Å²) in [5, 5.41) is 10.6. The zero-order chi connectivity index (χ0) is 71.8. The Hall–Kier alpha value is -1.94. The fourth-order valence-electron chi connectivity index (χ4n) is 12.3. The second-order valence-corrected chi connectivity index (χ2v) is 31.4. The minimum atomic E-state index is -4.96. The van der Waals surface area contributed by atoms with Crippen LogP contribution in [0.1, 0.15) is 426 Å². The monoisotopic (exact) mass is 1440 g/mol. The fourth-order valence-corrected chi connectivity index (χ4v) is 13.9. The van der Waals surface area contributed by atoms with Crippen LogP contribution in [0.4, 0.5) is 0 Å². The zero-order valence-corrected chi connectivity index (χ0v) is 65.6. The van der Waals surface area contributed by atoms with E-state index in [0.717, 1.165) is 89.9 Å². The molecule has 0 saturated heterocycles. The topological polar surface area (TPSA) is 237 Å². The lowest BCUT2D eigenvalue weighted by Gasteiger charge is -2.21. The molecule has 0 heterocycles. The molecule has 5 atom stereocenters. The van der Waals surface area contributed by atoms with Gasteiger partial charge in [-0.3, -0.25) is 37.3 Å². The Balaban J connectivity index is 5.18. The molecule has 0 fully saturated rings. The lowest BCUT2D eigenvalue weighted by atomic mass is 10.0. The maximum Gasteiger partial charge on any atom is 0.472 e. The minimum absolute atomic E-state index is 0.108. The van der Waals surface area contributed by atoms with Crippen LogP contribution in [0.25, 0.3) is 0 Å². The third-order valence-corrected chi connectivity index (χ3v) is 20.5. The van der Waals surface area contributed by atoms with Crippen molar-refractivity contribution in [2.45, 2.75) is 444 Å². The van der Waals surface area contributed by atoms with Crippen molar-refractivity contribution in [3.8, 4) is 0 Å². The molecule has 0 aliphatic heterocycles. The minimum Gasteiger partial charge on any atom is -0.462 e. The summed E-state index contributed by atoms with van der Waals surface area (Å²) in [4.78, 5) is 72.8. The van der Waals surface area contributed by atoms with Crippen LogP contribution in [0.2, 0.25) is 0 Å². The number of ether oxygens (including phenoxy) is 4. The summed E-state index contributed by atoms with van der Waals surface area (Å²) in [5.41, 5.74) is 0. The van der Waals surface area contributed by atoms with Gasteiger partial charge in [0.1, 0.15) is 19.3 Å². The molecule has 0 saturated carbocycles. The summed E-state index contributed by atoms with van der Waals surface area (Å²) in [5.74, 6) is -2.11. The van der Waals surface area contributed by atoms with Crippen LogP contribution in [0.15, 0.2) is 0 Å². The van der Waals surface area contributed by atoms with Gasteiger partial charge in [0.2, 0.25) is 0 Å². The smallest absolute Gasteiger partial charge is 0.462 e. The third-order valence-electron chi connectivity index (χ3n) is 18.6. The van der Waals surface area contributed by atoms with Gasteiger partial charge in [0.15, 0.2) is 12.2 Å². The second-order valence-electron chi connectivity index (χ2n) is 28.5. The number of rotatable bonds is 80. The molecule has 0 spiro atoms. The highest BCUT2D eigenvalue weighted by molar-refractivity contribution is 7.47. The summed E-state index contributed by atoms with van der Waals surface area (Å²) in [6.07, 6.45) is 65.3. The second kappa shape index (κ2) is 73.4. The lowest BCUT2D eigenvalue weighted by Crippen LogP contribution is -2.30. The van der Waals surface area contributed by atoms with Crippen LogP contribution in [-0.4, -0.2) is 96.7 Å². The van der Waals surface area contributed by atoms with Crippen molar-refractivity contribution in [3.05, 3.63) is 0 Å². The molecule has 2 unspecified atom stereocenters. The molecule has 0 rings (SSSR count). The van der Waals surface area contributed by atoms with Crippen molar-refractivity contribution in [2.75, 3.05) is 39.6 Å². The van der Waals surface area contributed by atoms with E-state index in [2.05, 4.69) is 27.7 Å². The first-order valence-electron chi connectivity index (χ1n) is 41.3. The molecule has 0 aliphatic carbocycles. The Labute approximate surface area is 600 Å². The first kappa shape index (κ1) is 96.1. The maximum absolute atomic E-state index is 13.1. The summed E-state index contributed by atoms with van der Waals surface area (Å²) >= 11 is 0. The van der Waals surface area contributed by atoms with E-state index in [0.29, 0.717) is 25.7 Å². The molecule has 0 bridgehead atoms. The number of esters is 4. The number of aliphatic hydroxyl groups is 1. The first-order chi connectivity index (χ1) is 47.7. The van der Waals surface area contributed by atoms with E-state index in [9.17, 15) is 43.2 Å². The normalized spacial score (nSPS) is 13.8. The van der Waals surface area contributed by atoms with Gasteiger partial charge in [-0.1, -0.05) is 374 Å². The Morgan fingerprint density at radius 1 is 0.245 bits per heavy atom. The molecular formula is C79H154O17P2. The van der Waals surface area contributed by atoms with Crippen molar-refractivity contribution in [1.29, 1.82) is 0 Å². The zero-order valence-electron chi connectivity index (χ0n) is 63.8. The van der Waals surface area contributed by atoms with Crippen LogP contribution in [-0.2, 0) is 65.4 Å². The van der Waals surface area contributed by atoms with Crippen molar-refractivity contribution in [1.82, 2.24) is 0 Å². The molecule has 17 nitrogen and oxygen atoms in total. The predicted octanol–water partition coefficient (Wildman–Crippen LogP) is 23.8. The van der Waals surface area contributed by atoms with Crippen LogP contribution in [0.3, 0.4) is 0 Å². The largest absolute Gasteiger partial charge is 0.472 e.